The number of imidazole rings is 1. The Hall–Kier alpha value is -2.86. The second kappa shape index (κ2) is 11.8. The molecule has 1 unspecified atom stereocenters. The zero-order valence-electron chi connectivity index (χ0n) is 19.6. The first-order chi connectivity index (χ1) is 16.2. The fourth-order valence-corrected chi connectivity index (χ4v) is 4.38. The van der Waals surface area contributed by atoms with Crippen LogP contribution < -0.4 is 10.1 Å². The van der Waals surface area contributed by atoms with E-state index in [-0.39, 0.29) is 12.0 Å². The molecule has 0 saturated carbocycles. The Morgan fingerprint density at radius 1 is 1.15 bits per heavy atom. The number of benzene rings is 2. The van der Waals surface area contributed by atoms with E-state index in [4.69, 9.17) is 14.5 Å². The number of amides is 1. The number of hydrogen-bond acceptors (Lipinski definition) is 4. The van der Waals surface area contributed by atoms with Crippen LogP contribution in [0.3, 0.4) is 0 Å². The third kappa shape index (κ3) is 6.57. The smallest absolute Gasteiger partial charge is 0.249 e. The number of para-hydroxylation sites is 2. The van der Waals surface area contributed by atoms with Gasteiger partial charge >= 0.3 is 0 Å². The Kier molecular flexibility index (Phi) is 8.36. The van der Waals surface area contributed by atoms with Crippen LogP contribution in [0.5, 0.6) is 5.75 Å². The van der Waals surface area contributed by atoms with Crippen molar-refractivity contribution in [2.24, 2.45) is 0 Å². The molecule has 1 saturated heterocycles. The SMILES string of the molecule is Cc1cccc(OCCCn2c(CCCCCNC(=O)C3CCCO3)nc3ccccc32)c1. The van der Waals surface area contributed by atoms with Gasteiger partial charge in [0.1, 0.15) is 17.7 Å². The Labute approximate surface area is 196 Å². The monoisotopic (exact) mass is 449 g/mol. The minimum absolute atomic E-state index is 0.0437. The van der Waals surface area contributed by atoms with Gasteiger partial charge in [0.2, 0.25) is 5.91 Å². The molecule has 1 aromatic heterocycles. The van der Waals surface area contributed by atoms with Gasteiger partial charge in [0, 0.05) is 26.1 Å². The minimum atomic E-state index is -0.236. The molecular weight excluding hydrogens is 414 g/mol. The topological polar surface area (TPSA) is 65.4 Å². The summed E-state index contributed by atoms with van der Waals surface area (Å²) in [6, 6.07) is 16.5. The summed E-state index contributed by atoms with van der Waals surface area (Å²) >= 11 is 0. The molecule has 2 aromatic carbocycles. The molecule has 6 nitrogen and oxygen atoms in total. The van der Waals surface area contributed by atoms with Crippen LogP contribution in [0.25, 0.3) is 11.0 Å². The number of unbranched alkanes of at least 4 members (excludes halogenated alkanes) is 2. The van der Waals surface area contributed by atoms with Gasteiger partial charge in [-0.05, 0) is 68.9 Å². The van der Waals surface area contributed by atoms with Gasteiger partial charge in [-0.2, -0.15) is 0 Å². The van der Waals surface area contributed by atoms with Crippen molar-refractivity contribution in [3.05, 3.63) is 59.9 Å². The standard InChI is InChI=1S/C27H35N3O3/c1-21-10-7-11-22(20-21)32-19-9-17-30-24-13-5-4-12-23(24)29-26(30)15-3-2-6-16-28-27(31)25-14-8-18-33-25/h4-5,7,10-13,20,25H,2-3,6,8-9,14-19H2,1H3,(H,28,31). The summed E-state index contributed by atoms with van der Waals surface area (Å²) in [4.78, 5) is 16.9. The number of nitrogens with zero attached hydrogens (tertiary/aromatic N) is 2. The van der Waals surface area contributed by atoms with Crippen molar-refractivity contribution in [2.75, 3.05) is 19.8 Å². The average Bonchev–Trinajstić information content (AvgIpc) is 3.47. The van der Waals surface area contributed by atoms with E-state index in [0.29, 0.717) is 19.8 Å². The Bertz CT molecular complexity index is 1040. The molecule has 176 valence electrons. The number of fused-ring (bicyclic) bond motifs is 1. The van der Waals surface area contributed by atoms with E-state index in [9.17, 15) is 4.79 Å². The molecule has 1 atom stereocenters. The molecule has 1 aliphatic heterocycles. The molecule has 0 bridgehead atoms. The van der Waals surface area contributed by atoms with Crippen LogP contribution in [0.15, 0.2) is 48.5 Å². The average molecular weight is 450 g/mol. The third-order valence-corrected chi connectivity index (χ3v) is 6.12. The van der Waals surface area contributed by atoms with Crippen molar-refractivity contribution in [1.82, 2.24) is 14.9 Å². The third-order valence-electron chi connectivity index (χ3n) is 6.12. The van der Waals surface area contributed by atoms with E-state index in [2.05, 4.69) is 47.1 Å². The fraction of sp³-hybridized carbons (Fsp3) is 0.481. The van der Waals surface area contributed by atoms with E-state index < -0.39 is 0 Å². The lowest BCUT2D eigenvalue weighted by Gasteiger charge is -2.11. The van der Waals surface area contributed by atoms with Crippen LogP contribution in [0.4, 0.5) is 0 Å². The number of hydrogen-bond donors (Lipinski definition) is 1. The van der Waals surface area contributed by atoms with Gasteiger partial charge in [-0.1, -0.05) is 30.7 Å². The Balaban J connectivity index is 1.23. The molecule has 2 heterocycles. The predicted octanol–water partition coefficient (Wildman–Crippen LogP) is 4.82. The molecule has 1 N–H and O–H groups in total. The van der Waals surface area contributed by atoms with Crippen LogP contribution in [0.1, 0.15) is 49.9 Å². The minimum Gasteiger partial charge on any atom is -0.494 e. The van der Waals surface area contributed by atoms with Gasteiger partial charge in [0.25, 0.3) is 0 Å². The van der Waals surface area contributed by atoms with E-state index in [1.807, 2.05) is 18.2 Å². The lowest BCUT2D eigenvalue weighted by molar-refractivity contribution is -0.130. The predicted molar refractivity (Wildman–Crippen MR) is 131 cm³/mol. The highest BCUT2D eigenvalue weighted by atomic mass is 16.5. The Morgan fingerprint density at radius 2 is 2.06 bits per heavy atom. The summed E-state index contributed by atoms with van der Waals surface area (Å²) in [5.41, 5.74) is 3.45. The molecule has 1 aliphatic rings. The number of carbonyl (C=O) groups excluding carboxylic acids is 1. The number of rotatable bonds is 12. The van der Waals surface area contributed by atoms with Gasteiger partial charge in [0.15, 0.2) is 0 Å². The van der Waals surface area contributed by atoms with Gasteiger partial charge in [-0.25, -0.2) is 4.98 Å². The highest BCUT2D eigenvalue weighted by Crippen LogP contribution is 2.19. The summed E-state index contributed by atoms with van der Waals surface area (Å²) in [5, 5.41) is 3.01. The first kappa shape index (κ1) is 23.3. The molecule has 1 amide bonds. The second-order valence-corrected chi connectivity index (χ2v) is 8.79. The van der Waals surface area contributed by atoms with Crippen LogP contribution in [0.2, 0.25) is 0 Å². The van der Waals surface area contributed by atoms with E-state index in [1.54, 1.807) is 0 Å². The Morgan fingerprint density at radius 3 is 2.91 bits per heavy atom. The largest absolute Gasteiger partial charge is 0.494 e. The lowest BCUT2D eigenvalue weighted by atomic mass is 10.1. The van der Waals surface area contributed by atoms with Crippen molar-refractivity contribution < 1.29 is 14.3 Å². The van der Waals surface area contributed by atoms with Gasteiger partial charge in [-0.15, -0.1) is 0 Å². The highest BCUT2D eigenvalue weighted by Gasteiger charge is 2.22. The molecule has 33 heavy (non-hydrogen) atoms. The molecule has 4 rings (SSSR count). The van der Waals surface area contributed by atoms with Crippen LogP contribution in [-0.2, 0) is 22.5 Å². The summed E-state index contributed by atoms with van der Waals surface area (Å²) < 4.78 is 13.7. The van der Waals surface area contributed by atoms with Crippen LogP contribution in [0, 0.1) is 6.92 Å². The quantitative estimate of drug-likeness (QED) is 0.403. The lowest BCUT2D eigenvalue weighted by Crippen LogP contribution is -2.34. The van der Waals surface area contributed by atoms with Crippen LogP contribution in [-0.4, -0.2) is 41.3 Å². The van der Waals surface area contributed by atoms with Crippen molar-refractivity contribution in [3.63, 3.8) is 0 Å². The molecule has 0 radical (unpaired) electrons. The first-order valence-electron chi connectivity index (χ1n) is 12.2. The summed E-state index contributed by atoms with van der Waals surface area (Å²) in [7, 11) is 0. The number of nitrogens with one attached hydrogen (secondary N) is 1. The molecule has 1 fully saturated rings. The molecular formula is C27H35N3O3. The number of aryl methyl sites for hydroxylation is 3. The second-order valence-electron chi connectivity index (χ2n) is 8.79. The summed E-state index contributed by atoms with van der Waals surface area (Å²) in [6.07, 6.45) is 6.55. The zero-order valence-corrected chi connectivity index (χ0v) is 19.6. The summed E-state index contributed by atoms with van der Waals surface area (Å²) in [6.45, 7) is 5.07. The van der Waals surface area contributed by atoms with E-state index in [0.717, 1.165) is 68.6 Å². The van der Waals surface area contributed by atoms with Crippen LogP contribution >= 0.6 is 0 Å². The maximum Gasteiger partial charge on any atom is 0.249 e. The number of aromatic nitrogens is 2. The normalized spacial score (nSPS) is 15.7. The van der Waals surface area contributed by atoms with Crippen molar-refractivity contribution in [3.8, 4) is 5.75 Å². The van der Waals surface area contributed by atoms with E-state index >= 15 is 0 Å². The maximum absolute atomic E-state index is 12.0. The fourth-order valence-electron chi connectivity index (χ4n) is 4.38. The number of carbonyl (C=O) groups is 1. The molecule has 0 aliphatic carbocycles. The highest BCUT2D eigenvalue weighted by molar-refractivity contribution is 5.80. The molecule has 6 heteroatoms. The maximum atomic E-state index is 12.0. The summed E-state index contributed by atoms with van der Waals surface area (Å²) in [5.74, 6) is 2.11. The van der Waals surface area contributed by atoms with Gasteiger partial charge in [0.05, 0.1) is 17.6 Å². The van der Waals surface area contributed by atoms with E-state index in [1.165, 1.54) is 11.1 Å². The molecule has 3 aromatic rings. The van der Waals surface area contributed by atoms with Crippen molar-refractivity contribution in [2.45, 2.75) is 64.5 Å². The van der Waals surface area contributed by atoms with Gasteiger partial charge in [-0.3, -0.25) is 4.79 Å². The van der Waals surface area contributed by atoms with Crippen molar-refractivity contribution in [1.29, 1.82) is 0 Å². The van der Waals surface area contributed by atoms with Gasteiger partial charge < -0.3 is 19.4 Å². The zero-order chi connectivity index (χ0) is 22.9. The first-order valence-corrected chi connectivity index (χ1v) is 12.2. The van der Waals surface area contributed by atoms with Crippen molar-refractivity contribution >= 4 is 16.9 Å². The molecule has 0 spiro atoms. The number of ether oxygens (including phenoxy) is 2.